The minimum atomic E-state index is -0.196. The summed E-state index contributed by atoms with van der Waals surface area (Å²) in [5.41, 5.74) is 3.21. The van der Waals surface area contributed by atoms with E-state index in [-0.39, 0.29) is 12.1 Å². The summed E-state index contributed by atoms with van der Waals surface area (Å²) >= 11 is 0. The van der Waals surface area contributed by atoms with Crippen LogP contribution in [0.15, 0.2) is 66.7 Å². The monoisotopic (exact) mass is 318 g/mol. The molecule has 0 aromatic heterocycles. The molecule has 0 aliphatic rings. The van der Waals surface area contributed by atoms with Crippen LogP contribution >= 0.6 is 0 Å². The van der Waals surface area contributed by atoms with Gasteiger partial charge in [0.05, 0.1) is 11.7 Å². The lowest BCUT2D eigenvalue weighted by molar-refractivity contribution is 0.249. The molecule has 3 aromatic rings. The third-order valence-corrected chi connectivity index (χ3v) is 4.27. The molecule has 0 saturated carbocycles. The van der Waals surface area contributed by atoms with Gasteiger partial charge in [0.2, 0.25) is 0 Å². The van der Waals surface area contributed by atoms with Crippen molar-refractivity contribution in [2.24, 2.45) is 0 Å². The summed E-state index contributed by atoms with van der Waals surface area (Å²) in [7, 11) is 0. The summed E-state index contributed by atoms with van der Waals surface area (Å²) < 4.78 is 0. The molecule has 2 N–H and O–H groups in total. The predicted octanol–water partition coefficient (Wildman–Crippen LogP) is 5.28. The Balaban J connectivity index is 1.70. The normalized spacial score (nSPS) is 11.9. The maximum Gasteiger partial charge on any atom is 0.319 e. The summed E-state index contributed by atoms with van der Waals surface area (Å²) in [4.78, 5) is 12.3. The van der Waals surface area contributed by atoms with Crippen molar-refractivity contribution < 1.29 is 4.79 Å². The molecule has 0 aliphatic heterocycles. The molecule has 3 aromatic carbocycles. The standard InChI is InChI=1S/C21H22N2O/c1-3-16-11-13-17(14-12-16)15(2)22-21(24)23-20-10-6-8-18-7-4-5-9-19(18)20/h4-15H,3H2,1-2H3,(H2,22,23,24). The van der Waals surface area contributed by atoms with Crippen LogP contribution in [0, 0.1) is 0 Å². The number of hydrogen-bond donors (Lipinski definition) is 2. The smallest absolute Gasteiger partial charge is 0.319 e. The Labute approximate surface area is 142 Å². The van der Waals surface area contributed by atoms with Crippen LogP contribution in [-0.4, -0.2) is 6.03 Å². The Bertz CT molecular complexity index is 835. The first kappa shape index (κ1) is 16.1. The van der Waals surface area contributed by atoms with E-state index in [2.05, 4.69) is 41.8 Å². The number of amides is 2. The predicted molar refractivity (Wildman–Crippen MR) is 100 cm³/mol. The molecular formula is C21H22N2O. The molecular weight excluding hydrogens is 296 g/mol. The Morgan fingerprint density at radius 3 is 2.42 bits per heavy atom. The third-order valence-electron chi connectivity index (χ3n) is 4.27. The largest absolute Gasteiger partial charge is 0.331 e. The summed E-state index contributed by atoms with van der Waals surface area (Å²) in [5.74, 6) is 0. The van der Waals surface area contributed by atoms with Crippen molar-refractivity contribution in [3.05, 3.63) is 77.9 Å². The van der Waals surface area contributed by atoms with E-state index in [1.54, 1.807) is 0 Å². The van der Waals surface area contributed by atoms with Gasteiger partial charge >= 0.3 is 6.03 Å². The Morgan fingerprint density at radius 1 is 0.958 bits per heavy atom. The quantitative estimate of drug-likeness (QED) is 0.674. The Hall–Kier alpha value is -2.81. The number of benzene rings is 3. The van der Waals surface area contributed by atoms with Gasteiger partial charge in [-0.25, -0.2) is 4.79 Å². The van der Waals surface area contributed by atoms with E-state index in [1.165, 1.54) is 5.56 Å². The molecule has 0 aliphatic carbocycles. The summed E-state index contributed by atoms with van der Waals surface area (Å²) in [6.07, 6.45) is 1.02. The first-order chi connectivity index (χ1) is 11.7. The van der Waals surface area contributed by atoms with E-state index in [0.29, 0.717) is 0 Å². The molecule has 122 valence electrons. The fourth-order valence-corrected chi connectivity index (χ4v) is 2.81. The lowest BCUT2D eigenvalue weighted by Gasteiger charge is -2.16. The molecule has 0 saturated heterocycles. The topological polar surface area (TPSA) is 41.1 Å². The van der Waals surface area contributed by atoms with E-state index < -0.39 is 0 Å². The number of fused-ring (bicyclic) bond motifs is 1. The van der Waals surface area contributed by atoms with Crippen molar-refractivity contribution >= 4 is 22.5 Å². The molecule has 1 unspecified atom stereocenters. The van der Waals surface area contributed by atoms with Crippen molar-refractivity contribution in [3.63, 3.8) is 0 Å². The van der Waals surface area contributed by atoms with Crippen molar-refractivity contribution in [2.75, 3.05) is 5.32 Å². The van der Waals surface area contributed by atoms with Gasteiger partial charge in [0.1, 0.15) is 0 Å². The minimum Gasteiger partial charge on any atom is -0.331 e. The second-order valence-electron chi connectivity index (χ2n) is 5.94. The third kappa shape index (κ3) is 3.57. The first-order valence-corrected chi connectivity index (χ1v) is 8.31. The number of anilines is 1. The number of rotatable bonds is 4. The van der Waals surface area contributed by atoms with Crippen LogP contribution in [-0.2, 0) is 6.42 Å². The zero-order valence-electron chi connectivity index (χ0n) is 14.0. The second-order valence-corrected chi connectivity index (χ2v) is 5.94. The van der Waals surface area contributed by atoms with E-state index in [4.69, 9.17) is 0 Å². The molecule has 0 radical (unpaired) electrons. The van der Waals surface area contributed by atoms with Crippen LogP contribution in [0.2, 0.25) is 0 Å². The Kier molecular flexibility index (Phi) is 4.80. The molecule has 2 amide bonds. The van der Waals surface area contributed by atoms with Gasteiger partial charge in [-0.15, -0.1) is 0 Å². The number of urea groups is 1. The number of carbonyl (C=O) groups is 1. The molecule has 0 bridgehead atoms. The minimum absolute atomic E-state index is 0.0501. The summed E-state index contributed by atoms with van der Waals surface area (Å²) in [5, 5.41) is 8.10. The Morgan fingerprint density at radius 2 is 1.67 bits per heavy atom. The van der Waals surface area contributed by atoms with Gasteiger partial charge in [0.15, 0.2) is 0 Å². The molecule has 1 atom stereocenters. The van der Waals surface area contributed by atoms with Gasteiger partial charge in [0, 0.05) is 5.39 Å². The number of hydrogen-bond acceptors (Lipinski definition) is 1. The SMILES string of the molecule is CCc1ccc(C(C)NC(=O)Nc2cccc3ccccc23)cc1. The van der Waals surface area contributed by atoms with Gasteiger partial charge in [0.25, 0.3) is 0 Å². The van der Waals surface area contributed by atoms with E-state index in [1.807, 2.05) is 49.4 Å². The van der Waals surface area contributed by atoms with Crippen LogP contribution in [0.1, 0.15) is 31.0 Å². The maximum absolute atomic E-state index is 12.3. The second kappa shape index (κ2) is 7.18. The summed E-state index contributed by atoms with van der Waals surface area (Å²) in [6.45, 7) is 4.12. The van der Waals surface area contributed by atoms with E-state index in [9.17, 15) is 4.79 Å². The number of carbonyl (C=O) groups excluding carboxylic acids is 1. The van der Waals surface area contributed by atoms with Crippen molar-refractivity contribution in [1.29, 1.82) is 0 Å². The maximum atomic E-state index is 12.3. The molecule has 0 heterocycles. The van der Waals surface area contributed by atoms with Crippen LogP contribution in [0.4, 0.5) is 10.5 Å². The molecule has 3 rings (SSSR count). The van der Waals surface area contributed by atoms with Crippen LogP contribution < -0.4 is 10.6 Å². The first-order valence-electron chi connectivity index (χ1n) is 8.31. The highest BCUT2D eigenvalue weighted by atomic mass is 16.2. The van der Waals surface area contributed by atoms with Crippen molar-refractivity contribution in [2.45, 2.75) is 26.3 Å². The van der Waals surface area contributed by atoms with E-state index in [0.717, 1.165) is 28.4 Å². The highest BCUT2D eigenvalue weighted by molar-refractivity contribution is 6.01. The van der Waals surface area contributed by atoms with Gasteiger partial charge in [-0.05, 0) is 35.9 Å². The molecule has 24 heavy (non-hydrogen) atoms. The molecule has 0 fully saturated rings. The molecule has 3 heteroatoms. The summed E-state index contributed by atoms with van der Waals surface area (Å²) in [6, 6.07) is 22.0. The van der Waals surface area contributed by atoms with E-state index >= 15 is 0 Å². The zero-order chi connectivity index (χ0) is 16.9. The van der Waals surface area contributed by atoms with Crippen molar-refractivity contribution in [1.82, 2.24) is 5.32 Å². The van der Waals surface area contributed by atoms with Gasteiger partial charge in [-0.2, -0.15) is 0 Å². The lowest BCUT2D eigenvalue weighted by Crippen LogP contribution is -2.31. The fraction of sp³-hybridized carbons (Fsp3) is 0.190. The van der Waals surface area contributed by atoms with Crippen molar-refractivity contribution in [3.8, 4) is 0 Å². The van der Waals surface area contributed by atoms with Crippen LogP contribution in [0.25, 0.3) is 10.8 Å². The van der Waals surface area contributed by atoms with Gasteiger partial charge in [-0.1, -0.05) is 67.6 Å². The lowest BCUT2D eigenvalue weighted by atomic mass is 10.1. The highest BCUT2D eigenvalue weighted by Crippen LogP contribution is 2.23. The van der Waals surface area contributed by atoms with Gasteiger partial charge < -0.3 is 10.6 Å². The average molecular weight is 318 g/mol. The number of nitrogens with one attached hydrogen (secondary N) is 2. The van der Waals surface area contributed by atoms with Gasteiger partial charge in [-0.3, -0.25) is 0 Å². The zero-order valence-corrected chi connectivity index (χ0v) is 14.0. The van der Waals surface area contributed by atoms with Crippen LogP contribution in [0.5, 0.6) is 0 Å². The van der Waals surface area contributed by atoms with Crippen LogP contribution in [0.3, 0.4) is 0 Å². The number of aryl methyl sites for hydroxylation is 1. The average Bonchev–Trinajstić information content (AvgIpc) is 2.62. The molecule has 0 spiro atoms. The molecule has 3 nitrogen and oxygen atoms in total. The highest BCUT2D eigenvalue weighted by Gasteiger charge is 2.10. The fourth-order valence-electron chi connectivity index (χ4n) is 2.81.